The Hall–Kier alpha value is -1.55. The fraction of sp³-hybridized carbons (Fsp3) is 0.562. The Morgan fingerprint density at radius 1 is 1.25 bits per heavy atom. The molecular weight excluding hydrogens is 254 g/mol. The number of hydrogen-bond acceptors (Lipinski definition) is 4. The first-order valence-electron chi connectivity index (χ1n) is 7.31. The van der Waals surface area contributed by atoms with E-state index >= 15 is 0 Å². The second kappa shape index (κ2) is 7.90. The normalized spacial score (nSPS) is 19.1. The van der Waals surface area contributed by atoms with Gasteiger partial charge in [-0.1, -0.05) is 12.1 Å². The fourth-order valence-electron chi connectivity index (χ4n) is 2.38. The van der Waals surface area contributed by atoms with Crippen molar-refractivity contribution in [2.45, 2.75) is 38.2 Å². The molecule has 0 amide bonds. The lowest BCUT2D eigenvalue weighted by Crippen LogP contribution is -2.19. The smallest absolute Gasteiger partial charge is 0.305 e. The Kier molecular flexibility index (Phi) is 5.87. The third-order valence-electron chi connectivity index (χ3n) is 3.59. The van der Waals surface area contributed by atoms with E-state index in [4.69, 9.17) is 4.74 Å². The van der Waals surface area contributed by atoms with Crippen LogP contribution in [0.3, 0.4) is 0 Å². The van der Waals surface area contributed by atoms with Crippen molar-refractivity contribution in [2.75, 3.05) is 20.2 Å². The molecule has 1 aromatic rings. The van der Waals surface area contributed by atoms with Crippen molar-refractivity contribution in [3.63, 3.8) is 0 Å². The summed E-state index contributed by atoms with van der Waals surface area (Å²) in [4.78, 5) is 11.1. The van der Waals surface area contributed by atoms with Gasteiger partial charge in [0.25, 0.3) is 0 Å². The van der Waals surface area contributed by atoms with E-state index in [2.05, 4.69) is 10.1 Å². The molecule has 2 rings (SSSR count). The Bertz CT molecular complexity index is 408. The largest absolute Gasteiger partial charge is 0.490 e. The maximum Gasteiger partial charge on any atom is 0.305 e. The molecule has 0 saturated carbocycles. The number of nitrogens with one attached hydrogen (secondary N) is 1. The van der Waals surface area contributed by atoms with Gasteiger partial charge in [0.2, 0.25) is 0 Å². The van der Waals surface area contributed by atoms with Crippen LogP contribution in [0.1, 0.15) is 31.2 Å². The highest BCUT2D eigenvalue weighted by Gasteiger charge is 2.13. The van der Waals surface area contributed by atoms with Crippen molar-refractivity contribution in [3.05, 3.63) is 29.8 Å². The van der Waals surface area contributed by atoms with E-state index in [1.165, 1.54) is 13.5 Å². The number of ether oxygens (including phenoxy) is 2. The molecule has 110 valence electrons. The topological polar surface area (TPSA) is 47.6 Å². The van der Waals surface area contributed by atoms with Crippen LogP contribution in [0, 0.1) is 0 Å². The predicted molar refractivity (Wildman–Crippen MR) is 77.9 cm³/mol. The van der Waals surface area contributed by atoms with Gasteiger partial charge in [-0.3, -0.25) is 4.79 Å². The van der Waals surface area contributed by atoms with Crippen LogP contribution in [0.15, 0.2) is 24.3 Å². The monoisotopic (exact) mass is 277 g/mol. The zero-order valence-electron chi connectivity index (χ0n) is 12.1. The average molecular weight is 277 g/mol. The van der Waals surface area contributed by atoms with Gasteiger partial charge in [-0.25, -0.2) is 0 Å². The Balaban J connectivity index is 1.82. The second-order valence-electron chi connectivity index (χ2n) is 5.14. The summed E-state index contributed by atoms with van der Waals surface area (Å²) in [5.74, 6) is 0.745. The van der Waals surface area contributed by atoms with Crippen molar-refractivity contribution in [2.24, 2.45) is 0 Å². The molecule has 1 aliphatic rings. The number of aryl methyl sites for hydroxylation is 1. The molecule has 1 atom stereocenters. The summed E-state index contributed by atoms with van der Waals surface area (Å²) in [6, 6.07) is 8.02. The number of benzene rings is 1. The Morgan fingerprint density at radius 2 is 2.05 bits per heavy atom. The zero-order valence-corrected chi connectivity index (χ0v) is 12.1. The maximum atomic E-state index is 11.1. The molecule has 1 saturated heterocycles. The molecule has 1 fully saturated rings. The minimum atomic E-state index is -0.170. The van der Waals surface area contributed by atoms with E-state index < -0.39 is 0 Å². The number of carbonyl (C=O) groups is 1. The molecule has 0 spiro atoms. The van der Waals surface area contributed by atoms with Crippen molar-refractivity contribution in [1.82, 2.24) is 5.32 Å². The zero-order chi connectivity index (χ0) is 14.2. The van der Waals surface area contributed by atoms with E-state index in [1.54, 1.807) is 0 Å². The molecule has 1 N–H and O–H groups in total. The molecule has 4 nitrogen and oxygen atoms in total. The van der Waals surface area contributed by atoms with Crippen molar-refractivity contribution in [1.29, 1.82) is 0 Å². The number of carbonyl (C=O) groups excluding carboxylic acids is 1. The van der Waals surface area contributed by atoms with Gasteiger partial charge in [-0.2, -0.15) is 0 Å². The van der Waals surface area contributed by atoms with Gasteiger partial charge in [0.05, 0.1) is 13.2 Å². The number of hydrogen-bond donors (Lipinski definition) is 1. The lowest BCUT2D eigenvalue weighted by atomic mass is 10.1. The van der Waals surface area contributed by atoms with Gasteiger partial charge in [-0.15, -0.1) is 0 Å². The summed E-state index contributed by atoms with van der Waals surface area (Å²) in [6.07, 6.45) is 4.78. The molecule has 0 radical (unpaired) electrons. The van der Waals surface area contributed by atoms with Crippen LogP contribution >= 0.6 is 0 Å². The average Bonchev–Trinajstić information content (AvgIpc) is 2.75. The highest BCUT2D eigenvalue weighted by atomic mass is 16.5. The Morgan fingerprint density at radius 3 is 2.80 bits per heavy atom. The summed E-state index contributed by atoms with van der Waals surface area (Å²) in [5, 5.41) is 3.38. The van der Waals surface area contributed by atoms with Crippen LogP contribution in [0.25, 0.3) is 0 Å². The van der Waals surface area contributed by atoms with Crippen LogP contribution in [-0.4, -0.2) is 32.3 Å². The van der Waals surface area contributed by atoms with E-state index in [0.29, 0.717) is 18.9 Å². The molecule has 0 aliphatic carbocycles. The number of methoxy groups -OCH3 is 1. The van der Waals surface area contributed by atoms with Crippen LogP contribution < -0.4 is 10.1 Å². The first kappa shape index (κ1) is 14.9. The maximum absolute atomic E-state index is 11.1. The summed E-state index contributed by atoms with van der Waals surface area (Å²) >= 11 is 0. The standard InChI is InChI=1S/C16H23NO3/c1-19-16(18)9-6-13-4-7-15(8-5-13)20-14-3-2-11-17-12-10-14/h4-5,7-8,14,17H,2-3,6,9-12H2,1H3. The summed E-state index contributed by atoms with van der Waals surface area (Å²) in [6.45, 7) is 2.12. The van der Waals surface area contributed by atoms with E-state index in [1.807, 2.05) is 24.3 Å². The first-order chi connectivity index (χ1) is 9.78. The van der Waals surface area contributed by atoms with E-state index in [9.17, 15) is 4.79 Å². The molecular formula is C16H23NO3. The summed E-state index contributed by atoms with van der Waals surface area (Å²) in [7, 11) is 1.42. The molecule has 1 heterocycles. The first-order valence-corrected chi connectivity index (χ1v) is 7.31. The molecule has 1 aromatic carbocycles. The third-order valence-corrected chi connectivity index (χ3v) is 3.59. The van der Waals surface area contributed by atoms with Gasteiger partial charge in [0.1, 0.15) is 5.75 Å². The predicted octanol–water partition coefficient (Wildman–Crippen LogP) is 2.31. The second-order valence-corrected chi connectivity index (χ2v) is 5.14. The van der Waals surface area contributed by atoms with Crippen molar-refractivity contribution in [3.8, 4) is 5.75 Å². The minimum Gasteiger partial charge on any atom is -0.490 e. The van der Waals surface area contributed by atoms with Gasteiger partial charge in [-0.05, 0) is 56.5 Å². The highest BCUT2D eigenvalue weighted by molar-refractivity contribution is 5.69. The fourth-order valence-corrected chi connectivity index (χ4v) is 2.38. The molecule has 1 unspecified atom stereocenters. The Labute approximate surface area is 120 Å². The SMILES string of the molecule is COC(=O)CCc1ccc(OC2CCCNCC2)cc1. The highest BCUT2D eigenvalue weighted by Crippen LogP contribution is 2.18. The van der Waals surface area contributed by atoms with Crippen LogP contribution in [0.4, 0.5) is 0 Å². The van der Waals surface area contributed by atoms with Gasteiger partial charge < -0.3 is 14.8 Å². The summed E-state index contributed by atoms with van der Waals surface area (Å²) < 4.78 is 10.6. The van der Waals surface area contributed by atoms with Crippen LogP contribution in [-0.2, 0) is 16.0 Å². The van der Waals surface area contributed by atoms with Crippen molar-refractivity contribution < 1.29 is 14.3 Å². The van der Waals surface area contributed by atoms with Crippen LogP contribution in [0.2, 0.25) is 0 Å². The molecule has 1 aliphatic heterocycles. The van der Waals surface area contributed by atoms with Crippen molar-refractivity contribution >= 4 is 5.97 Å². The lowest BCUT2D eigenvalue weighted by molar-refractivity contribution is -0.140. The molecule has 20 heavy (non-hydrogen) atoms. The number of rotatable bonds is 5. The molecule has 4 heteroatoms. The lowest BCUT2D eigenvalue weighted by Gasteiger charge is -2.16. The quantitative estimate of drug-likeness (QED) is 0.839. The number of esters is 1. The van der Waals surface area contributed by atoms with Gasteiger partial charge >= 0.3 is 5.97 Å². The third kappa shape index (κ3) is 4.85. The molecule has 0 bridgehead atoms. The summed E-state index contributed by atoms with van der Waals surface area (Å²) in [5.41, 5.74) is 1.13. The van der Waals surface area contributed by atoms with Crippen LogP contribution in [0.5, 0.6) is 5.75 Å². The molecule has 0 aromatic heterocycles. The van der Waals surface area contributed by atoms with Gasteiger partial charge in [0.15, 0.2) is 0 Å². The minimum absolute atomic E-state index is 0.170. The van der Waals surface area contributed by atoms with Gasteiger partial charge in [0, 0.05) is 6.42 Å². The van der Waals surface area contributed by atoms with E-state index in [0.717, 1.165) is 37.2 Å². The van der Waals surface area contributed by atoms with E-state index in [-0.39, 0.29) is 5.97 Å².